The molecule has 0 saturated carbocycles. The van der Waals surface area contributed by atoms with Crippen LogP contribution in [-0.2, 0) is 14.8 Å². The average Bonchev–Trinajstić information content (AvgIpc) is 2.54. The minimum absolute atomic E-state index is 0.330. The zero-order valence-corrected chi connectivity index (χ0v) is 16.1. The Labute approximate surface area is 154 Å². The van der Waals surface area contributed by atoms with E-state index in [0.717, 1.165) is 22.2 Å². The molecule has 0 unspecified atom stereocenters. The third-order valence-corrected chi connectivity index (χ3v) is 5.88. The Morgan fingerprint density at radius 2 is 1.68 bits per heavy atom. The quantitative estimate of drug-likeness (QED) is 0.741. The first kappa shape index (κ1) is 19.6. The molecule has 2 atom stereocenters. The van der Waals surface area contributed by atoms with Gasteiger partial charge < -0.3 is 5.32 Å². The van der Waals surface area contributed by atoms with E-state index in [0.29, 0.717) is 0 Å². The Morgan fingerprint density at radius 3 is 2.32 bits per heavy atom. The second-order valence-electron chi connectivity index (χ2n) is 5.53. The highest BCUT2D eigenvalue weighted by molar-refractivity contribution is 9.10. The Balaban J connectivity index is 2.08. The van der Waals surface area contributed by atoms with Gasteiger partial charge in [-0.3, -0.25) is 4.79 Å². The highest BCUT2D eigenvalue weighted by Crippen LogP contribution is 2.22. The monoisotopic (exact) mass is 428 g/mol. The van der Waals surface area contributed by atoms with Gasteiger partial charge in [0.25, 0.3) is 0 Å². The maximum Gasteiger partial charge on any atom is 0.244 e. The number of carbonyl (C=O) groups excluding carboxylic acids is 1. The number of carbonyl (C=O) groups is 1. The van der Waals surface area contributed by atoms with E-state index in [1.54, 1.807) is 6.92 Å². The molecule has 0 aromatic heterocycles. The Kier molecular flexibility index (Phi) is 6.31. The van der Waals surface area contributed by atoms with Crippen LogP contribution in [0.5, 0.6) is 0 Å². The maximum atomic E-state index is 13.7. The van der Waals surface area contributed by atoms with Crippen LogP contribution in [0.1, 0.15) is 25.5 Å². The molecule has 0 radical (unpaired) electrons. The van der Waals surface area contributed by atoms with Gasteiger partial charge >= 0.3 is 0 Å². The van der Waals surface area contributed by atoms with Gasteiger partial charge in [-0.2, -0.15) is 4.72 Å². The summed E-state index contributed by atoms with van der Waals surface area (Å²) in [5.41, 5.74) is 0.861. The molecular formula is C17H18BrFN2O3S. The van der Waals surface area contributed by atoms with Gasteiger partial charge in [0.2, 0.25) is 15.9 Å². The molecule has 0 spiro atoms. The first-order valence-corrected chi connectivity index (χ1v) is 9.81. The fraction of sp³-hybridized carbons (Fsp3) is 0.235. The molecule has 0 bridgehead atoms. The van der Waals surface area contributed by atoms with E-state index in [1.807, 2.05) is 24.3 Å². The van der Waals surface area contributed by atoms with E-state index in [-0.39, 0.29) is 6.04 Å². The van der Waals surface area contributed by atoms with Crippen LogP contribution in [0, 0.1) is 5.82 Å². The third-order valence-electron chi connectivity index (χ3n) is 3.58. The predicted molar refractivity (Wildman–Crippen MR) is 96.9 cm³/mol. The summed E-state index contributed by atoms with van der Waals surface area (Å²) in [7, 11) is -4.14. The van der Waals surface area contributed by atoms with Crippen LogP contribution in [0.15, 0.2) is 57.9 Å². The molecule has 0 aliphatic heterocycles. The van der Waals surface area contributed by atoms with Crippen molar-refractivity contribution in [1.82, 2.24) is 10.0 Å². The number of halogens is 2. The second-order valence-corrected chi connectivity index (χ2v) is 8.06. The molecule has 0 saturated heterocycles. The Morgan fingerprint density at radius 1 is 1.08 bits per heavy atom. The molecule has 1 amide bonds. The van der Waals surface area contributed by atoms with Gasteiger partial charge in [0, 0.05) is 4.47 Å². The molecule has 25 heavy (non-hydrogen) atoms. The summed E-state index contributed by atoms with van der Waals surface area (Å²) in [6.07, 6.45) is 0. The van der Waals surface area contributed by atoms with Gasteiger partial charge in [-0.1, -0.05) is 46.3 Å². The zero-order valence-electron chi connectivity index (χ0n) is 13.7. The van der Waals surface area contributed by atoms with E-state index in [1.165, 1.54) is 19.1 Å². The molecule has 2 aromatic rings. The van der Waals surface area contributed by atoms with Crippen molar-refractivity contribution in [2.45, 2.75) is 30.8 Å². The molecule has 0 fully saturated rings. The standard InChI is InChI=1S/C17H18BrFN2O3S/c1-11(13-7-3-4-8-14(13)18)20-17(22)12(2)21-25(23,24)16-10-6-5-9-15(16)19/h3-12,21H,1-2H3,(H,20,22)/t11-,12-/m1/s1. The van der Waals surface area contributed by atoms with Gasteiger partial charge in [0.1, 0.15) is 10.7 Å². The maximum absolute atomic E-state index is 13.7. The number of amides is 1. The molecule has 5 nitrogen and oxygen atoms in total. The molecule has 2 rings (SSSR count). The lowest BCUT2D eigenvalue weighted by molar-refractivity contribution is -0.123. The van der Waals surface area contributed by atoms with Gasteiger partial charge in [-0.15, -0.1) is 0 Å². The van der Waals surface area contributed by atoms with Gasteiger partial charge in [-0.25, -0.2) is 12.8 Å². The van der Waals surface area contributed by atoms with Crippen molar-refractivity contribution < 1.29 is 17.6 Å². The number of hydrogen-bond donors (Lipinski definition) is 2. The van der Waals surface area contributed by atoms with Crippen molar-refractivity contribution in [3.8, 4) is 0 Å². The number of benzene rings is 2. The summed E-state index contributed by atoms with van der Waals surface area (Å²) >= 11 is 3.41. The molecule has 0 aliphatic carbocycles. The molecule has 0 heterocycles. The smallest absolute Gasteiger partial charge is 0.244 e. The van der Waals surface area contributed by atoms with Crippen molar-refractivity contribution in [1.29, 1.82) is 0 Å². The van der Waals surface area contributed by atoms with E-state index in [2.05, 4.69) is 26.0 Å². The third kappa shape index (κ3) is 4.87. The Hall–Kier alpha value is -1.77. The average molecular weight is 429 g/mol. The minimum atomic E-state index is -4.14. The van der Waals surface area contributed by atoms with Crippen molar-refractivity contribution in [3.63, 3.8) is 0 Å². The summed E-state index contributed by atoms with van der Waals surface area (Å²) in [4.78, 5) is 11.8. The second kappa shape index (κ2) is 8.07. The molecular weight excluding hydrogens is 411 g/mol. The number of rotatable bonds is 6. The van der Waals surface area contributed by atoms with Crippen LogP contribution in [0.2, 0.25) is 0 Å². The summed E-state index contributed by atoms with van der Waals surface area (Å²) < 4.78 is 41.2. The zero-order chi connectivity index (χ0) is 18.6. The van der Waals surface area contributed by atoms with Crippen LogP contribution in [0.25, 0.3) is 0 Å². The largest absolute Gasteiger partial charge is 0.348 e. The van der Waals surface area contributed by atoms with Crippen molar-refractivity contribution >= 4 is 31.9 Å². The van der Waals surface area contributed by atoms with E-state index >= 15 is 0 Å². The van der Waals surface area contributed by atoms with Crippen molar-refractivity contribution in [2.24, 2.45) is 0 Å². The van der Waals surface area contributed by atoms with Gasteiger partial charge in [-0.05, 0) is 37.6 Å². The molecule has 2 aromatic carbocycles. The first-order chi connectivity index (χ1) is 11.7. The van der Waals surface area contributed by atoms with Gasteiger partial charge in [0.15, 0.2) is 0 Å². The topological polar surface area (TPSA) is 75.3 Å². The molecule has 0 aliphatic rings. The lowest BCUT2D eigenvalue weighted by Crippen LogP contribution is -2.45. The predicted octanol–water partition coefficient (Wildman–Crippen LogP) is 3.13. The Bertz CT molecular complexity index is 874. The number of hydrogen-bond acceptors (Lipinski definition) is 3. The lowest BCUT2D eigenvalue weighted by atomic mass is 10.1. The minimum Gasteiger partial charge on any atom is -0.348 e. The van der Waals surface area contributed by atoms with Crippen LogP contribution in [0.4, 0.5) is 4.39 Å². The molecule has 2 N–H and O–H groups in total. The van der Waals surface area contributed by atoms with Gasteiger partial charge in [0.05, 0.1) is 12.1 Å². The van der Waals surface area contributed by atoms with Crippen LogP contribution >= 0.6 is 15.9 Å². The number of nitrogens with one attached hydrogen (secondary N) is 2. The first-order valence-electron chi connectivity index (χ1n) is 7.54. The summed E-state index contributed by atoms with van der Waals surface area (Å²) in [5, 5.41) is 2.74. The molecule has 8 heteroatoms. The highest BCUT2D eigenvalue weighted by Gasteiger charge is 2.25. The summed E-state index contributed by atoms with van der Waals surface area (Å²) in [6.45, 7) is 3.19. The van der Waals surface area contributed by atoms with Crippen LogP contribution < -0.4 is 10.0 Å². The van der Waals surface area contributed by atoms with Crippen molar-refractivity contribution in [2.75, 3.05) is 0 Å². The summed E-state index contributed by atoms with van der Waals surface area (Å²) in [5.74, 6) is -1.38. The van der Waals surface area contributed by atoms with E-state index in [9.17, 15) is 17.6 Å². The lowest BCUT2D eigenvalue weighted by Gasteiger charge is -2.19. The van der Waals surface area contributed by atoms with Crippen LogP contribution in [0.3, 0.4) is 0 Å². The normalized spacial score (nSPS) is 13.9. The summed E-state index contributed by atoms with van der Waals surface area (Å²) in [6, 6.07) is 11.0. The highest BCUT2D eigenvalue weighted by atomic mass is 79.9. The van der Waals surface area contributed by atoms with Crippen molar-refractivity contribution in [3.05, 3.63) is 64.4 Å². The van der Waals surface area contributed by atoms with Crippen LogP contribution in [-0.4, -0.2) is 20.4 Å². The van der Waals surface area contributed by atoms with E-state index in [4.69, 9.17) is 0 Å². The fourth-order valence-electron chi connectivity index (χ4n) is 2.25. The SMILES string of the molecule is C[C@@H](NS(=O)(=O)c1ccccc1F)C(=O)N[C@H](C)c1ccccc1Br. The number of sulfonamides is 1. The van der Waals surface area contributed by atoms with E-state index < -0.39 is 32.7 Å². The molecule has 134 valence electrons. The fourth-order valence-corrected chi connectivity index (χ4v) is 4.16.